The summed E-state index contributed by atoms with van der Waals surface area (Å²) < 4.78 is 68.7. The van der Waals surface area contributed by atoms with E-state index in [1.54, 1.807) is 0 Å². The Labute approximate surface area is 607 Å². The SMILES string of the molecule is CC(C)CCCCCCCCCCCCCCCCCCC(=O)O[C@H](COC(=O)CCCCCCCCCCCCCCCC(C)C)COP(=O)(O)OC[C@@H](O)COP(=O)(O)OC[C@@H](COC(=O)CCCCCCCCC(C)C)OC(=O)CCCCCCCCCCCCCCC(C)C. The second-order valence-corrected chi connectivity index (χ2v) is 33.6. The van der Waals surface area contributed by atoms with E-state index in [0.29, 0.717) is 31.6 Å². The van der Waals surface area contributed by atoms with Gasteiger partial charge in [0.25, 0.3) is 0 Å². The van der Waals surface area contributed by atoms with Gasteiger partial charge in [-0.3, -0.25) is 37.3 Å². The molecule has 0 radical (unpaired) electrons. The van der Waals surface area contributed by atoms with Crippen molar-refractivity contribution in [2.75, 3.05) is 39.6 Å². The fraction of sp³-hybridized carbons (Fsp3) is 0.950. The topological polar surface area (TPSA) is 237 Å². The molecule has 588 valence electrons. The Kier molecular flexibility index (Phi) is 67.8. The molecule has 0 heterocycles. The predicted octanol–water partition coefficient (Wildman–Crippen LogP) is 23.6. The number of phosphoric acid groups is 2. The molecule has 0 aliphatic carbocycles. The largest absolute Gasteiger partial charge is 0.472 e. The number of carbonyl (C=O) groups is 4. The highest BCUT2D eigenvalue weighted by molar-refractivity contribution is 7.47. The van der Waals surface area contributed by atoms with E-state index in [-0.39, 0.29) is 25.7 Å². The van der Waals surface area contributed by atoms with Gasteiger partial charge in [-0.25, -0.2) is 9.13 Å². The van der Waals surface area contributed by atoms with Crippen molar-refractivity contribution in [3.8, 4) is 0 Å². The number of hydrogen-bond donors (Lipinski definition) is 3. The molecule has 0 amide bonds. The van der Waals surface area contributed by atoms with Crippen LogP contribution in [-0.4, -0.2) is 96.7 Å². The molecule has 0 aromatic carbocycles. The number of aliphatic hydroxyl groups is 1. The van der Waals surface area contributed by atoms with Crippen molar-refractivity contribution < 1.29 is 80.2 Å². The fourth-order valence-electron chi connectivity index (χ4n) is 12.3. The van der Waals surface area contributed by atoms with E-state index in [4.69, 9.17) is 37.0 Å². The summed E-state index contributed by atoms with van der Waals surface area (Å²) in [6, 6.07) is 0. The fourth-order valence-corrected chi connectivity index (χ4v) is 13.8. The first-order chi connectivity index (χ1) is 47.6. The molecule has 2 unspecified atom stereocenters. The smallest absolute Gasteiger partial charge is 0.462 e. The molecule has 0 aromatic rings. The van der Waals surface area contributed by atoms with Gasteiger partial charge in [-0.2, -0.15) is 0 Å². The van der Waals surface area contributed by atoms with Gasteiger partial charge >= 0.3 is 39.5 Å². The first-order valence-electron chi connectivity index (χ1n) is 41.2. The lowest BCUT2D eigenvalue weighted by Crippen LogP contribution is -2.30. The van der Waals surface area contributed by atoms with Crippen molar-refractivity contribution in [3.63, 3.8) is 0 Å². The number of unbranched alkanes of at least 4 members (excludes halogenated alkanes) is 43. The summed E-state index contributed by atoms with van der Waals surface area (Å²) in [4.78, 5) is 72.9. The first kappa shape index (κ1) is 97.1. The number of ether oxygens (including phenoxy) is 4. The standard InChI is InChI=1S/C80H156O17P2/c1-70(2)56-48-40-32-26-20-14-11-9-10-12-16-24-30-36-46-54-62-79(84)96-75(66-90-77(82)60-52-44-35-29-23-17-13-15-21-27-33-41-49-57-71(3)4)68-94-98(86,87)92-64-74(81)65-93-99(88,89)95-69-76(67-91-78(83)61-53-45-39-38-43-51-59-73(7)8)97-80(85)63-55-47-37-31-25-19-18-22-28-34-42-50-58-72(5)6/h70-76,81H,9-69H2,1-8H3,(H,86,87)(H,88,89)/t74-,75-,76-/m1/s1. The lowest BCUT2D eigenvalue weighted by molar-refractivity contribution is -0.161. The highest BCUT2D eigenvalue weighted by Gasteiger charge is 2.30. The Hall–Kier alpha value is -1.94. The highest BCUT2D eigenvalue weighted by Crippen LogP contribution is 2.45. The molecule has 0 saturated heterocycles. The Morgan fingerprint density at radius 1 is 0.253 bits per heavy atom. The molecule has 5 atom stereocenters. The molecular formula is C80H156O17P2. The molecule has 19 heteroatoms. The molecule has 0 aliphatic rings. The van der Waals surface area contributed by atoms with Gasteiger partial charge in [0.15, 0.2) is 12.2 Å². The van der Waals surface area contributed by atoms with E-state index in [1.807, 2.05) is 0 Å². The number of esters is 4. The Bertz CT molecular complexity index is 1940. The summed E-state index contributed by atoms with van der Waals surface area (Å²) >= 11 is 0. The first-order valence-corrected chi connectivity index (χ1v) is 44.2. The zero-order chi connectivity index (χ0) is 73.1. The molecular weight excluding hydrogens is 1290 g/mol. The molecule has 0 rings (SSSR count). The molecule has 0 fully saturated rings. The Balaban J connectivity index is 5.23. The number of phosphoric ester groups is 2. The van der Waals surface area contributed by atoms with Gasteiger partial charge in [-0.15, -0.1) is 0 Å². The second-order valence-electron chi connectivity index (χ2n) is 30.7. The van der Waals surface area contributed by atoms with Crippen LogP contribution in [0.5, 0.6) is 0 Å². The Morgan fingerprint density at radius 2 is 0.424 bits per heavy atom. The Morgan fingerprint density at radius 3 is 0.626 bits per heavy atom. The maximum atomic E-state index is 13.1. The van der Waals surface area contributed by atoms with Gasteiger partial charge in [-0.1, -0.05) is 357 Å². The van der Waals surface area contributed by atoms with Gasteiger partial charge in [0.05, 0.1) is 26.4 Å². The molecule has 17 nitrogen and oxygen atoms in total. The van der Waals surface area contributed by atoms with Crippen LogP contribution >= 0.6 is 15.6 Å². The zero-order valence-corrected chi connectivity index (χ0v) is 66.9. The van der Waals surface area contributed by atoms with Crippen LogP contribution in [0.15, 0.2) is 0 Å². The minimum Gasteiger partial charge on any atom is -0.462 e. The summed E-state index contributed by atoms with van der Waals surface area (Å²) in [5, 5.41) is 10.6. The van der Waals surface area contributed by atoms with Crippen molar-refractivity contribution in [2.45, 2.75) is 427 Å². The highest BCUT2D eigenvalue weighted by atomic mass is 31.2. The van der Waals surface area contributed by atoms with Crippen LogP contribution in [0.3, 0.4) is 0 Å². The van der Waals surface area contributed by atoms with Crippen LogP contribution in [-0.2, 0) is 65.4 Å². The number of rotatable bonds is 77. The van der Waals surface area contributed by atoms with Crippen molar-refractivity contribution >= 4 is 39.5 Å². The van der Waals surface area contributed by atoms with E-state index >= 15 is 0 Å². The summed E-state index contributed by atoms with van der Waals surface area (Å²) in [6.45, 7) is 14.2. The predicted molar refractivity (Wildman–Crippen MR) is 404 cm³/mol. The maximum Gasteiger partial charge on any atom is 0.472 e. The summed E-state index contributed by atoms with van der Waals surface area (Å²) in [7, 11) is -9.92. The minimum atomic E-state index is -4.96. The van der Waals surface area contributed by atoms with Gasteiger partial charge in [0, 0.05) is 25.7 Å². The van der Waals surface area contributed by atoms with Gasteiger partial charge in [0.1, 0.15) is 19.3 Å². The molecule has 0 aromatic heterocycles. The third kappa shape index (κ3) is 74.1. The quantitative estimate of drug-likeness (QED) is 0.0222. The number of aliphatic hydroxyl groups excluding tert-OH is 1. The molecule has 0 spiro atoms. The second kappa shape index (κ2) is 69.1. The van der Waals surface area contributed by atoms with E-state index in [2.05, 4.69) is 55.4 Å². The van der Waals surface area contributed by atoms with Crippen molar-refractivity contribution in [3.05, 3.63) is 0 Å². The minimum absolute atomic E-state index is 0.106. The normalized spacial score (nSPS) is 14.1. The van der Waals surface area contributed by atoms with Gasteiger partial charge in [-0.05, 0) is 49.4 Å². The van der Waals surface area contributed by atoms with E-state index < -0.39 is 97.5 Å². The summed E-state index contributed by atoms with van der Waals surface area (Å²) in [6.07, 6.45) is 55.6. The maximum absolute atomic E-state index is 13.1. The molecule has 99 heavy (non-hydrogen) atoms. The van der Waals surface area contributed by atoms with Crippen LogP contribution in [0.4, 0.5) is 0 Å². The van der Waals surface area contributed by atoms with Crippen molar-refractivity contribution in [1.82, 2.24) is 0 Å². The van der Waals surface area contributed by atoms with Crippen molar-refractivity contribution in [2.24, 2.45) is 23.7 Å². The lowest BCUT2D eigenvalue weighted by atomic mass is 10.0. The zero-order valence-electron chi connectivity index (χ0n) is 65.1. The van der Waals surface area contributed by atoms with Crippen LogP contribution in [0, 0.1) is 23.7 Å². The van der Waals surface area contributed by atoms with Crippen LogP contribution < -0.4 is 0 Å². The van der Waals surface area contributed by atoms with Crippen LogP contribution in [0.1, 0.15) is 409 Å². The van der Waals surface area contributed by atoms with E-state index in [9.17, 15) is 43.2 Å². The van der Waals surface area contributed by atoms with E-state index in [0.717, 1.165) is 114 Å². The van der Waals surface area contributed by atoms with Crippen LogP contribution in [0.2, 0.25) is 0 Å². The number of hydrogen-bond acceptors (Lipinski definition) is 15. The summed E-state index contributed by atoms with van der Waals surface area (Å²) in [5.74, 6) is 0.940. The molecule has 0 saturated carbocycles. The third-order valence-corrected chi connectivity index (χ3v) is 20.5. The summed E-state index contributed by atoms with van der Waals surface area (Å²) in [5.41, 5.74) is 0. The third-order valence-electron chi connectivity index (χ3n) is 18.6. The monoisotopic (exact) mass is 1450 g/mol. The lowest BCUT2D eigenvalue weighted by Gasteiger charge is -2.21. The van der Waals surface area contributed by atoms with Crippen molar-refractivity contribution in [1.29, 1.82) is 0 Å². The van der Waals surface area contributed by atoms with Crippen LogP contribution in [0.25, 0.3) is 0 Å². The molecule has 0 bridgehead atoms. The van der Waals surface area contributed by atoms with E-state index in [1.165, 1.54) is 205 Å². The average molecular weight is 1450 g/mol. The average Bonchev–Trinajstić information content (AvgIpc) is 0.986. The molecule has 0 aliphatic heterocycles. The van der Waals surface area contributed by atoms with Gasteiger partial charge < -0.3 is 33.8 Å². The van der Waals surface area contributed by atoms with Gasteiger partial charge in [0.2, 0.25) is 0 Å². The number of carbonyl (C=O) groups excluding carboxylic acids is 4. The molecule has 3 N–H and O–H groups in total.